The Morgan fingerprint density at radius 1 is 0.419 bits per heavy atom. The molecule has 0 radical (unpaired) electrons. The third kappa shape index (κ3) is 18.1. The first-order valence-corrected chi connectivity index (χ1v) is 14.9. The maximum atomic E-state index is 7.33. The minimum Gasteiger partial charge on any atom is -0.325 e. The van der Waals surface area contributed by atoms with Crippen molar-refractivity contribution >= 4 is 0 Å². The first-order chi connectivity index (χ1) is 15.1. The lowest BCUT2D eigenvalue weighted by molar-refractivity contribution is 0.190. The zero-order chi connectivity index (χ0) is 23.0. The molecule has 0 saturated carbocycles. The average Bonchev–Trinajstić information content (AvgIpc) is 2.77. The number of hydrogen-bond acceptors (Lipinski definition) is 1. The van der Waals surface area contributed by atoms with E-state index in [9.17, 15) is 0 Å². The number of rotatable bonds is 25. The van der Waals surface area contributed by atoms with Crippen molar-refractivity contribution in [3.8, 4) is 0 Å². The van der Waals surface area contributed by atoms with Crippen LogP contribution in [0, 0.1) is 5.92 Å². The van der Waals surface area contributed by atoms with Crippen molar-refractivity contribution in [2.45, 2.75) is 187 Å². The Labute approximate surface area is 199 Å². The molecule has 1 nitrogen and oxygen atoms in total. The van der Waals surface area contributed by atoms with E-state index in [0.717, 1.165) is 5.92 Å². The van der Waals surface area contributed by atoms with Crippen LogP contribution in [0.2, 0.25) is 0 Å². The molecule has 188 valence electrons. The highest BCUT2D eigenvalue weighted by Gasteiger charge is 2.33. The predicted molar refractivity (Wildman–Crippen MR) is 144 cm³/mol. The van der Waals surface area contributed by atoms with Crippen LogP contribution in [0.5, 0.6) is 0 Å². The van der Waals surface area contributed by atoms with Crippen LogP contribution in [0.1, 0.15) is 182 Å². The fourth-order valence-electron chi connectivity index (χ4n) is 5.34. The summed E-state index contributed by atoms with van der Waals surface area (Å²) in [5.74, 6) is 0.755. The van der Waals surface area contributed by atoms with Crippen molar-refractivity contribution in [3.05, 3.63) is 0 Å². The van der Waals surface area contributed by atoms with Gasteiger partial charge in [0.15, 0.2) is 0 Å². The quantitative estimate of drug-likeness (QED) is 0.141. The first kappa shape index (κ1) is 31.0. The van der Waals surface area contributed by atoms with Crippen LogP contribution in [0.4, 0.5) is 0 Å². The molecule has 0 aromatic heterocycles. The van der Waals surface area contributed by atoms with Crippen LogP contribution < -0.4 is 5.73 Å². The molecule has 0 saturated heterocycles. The SMILES string of the molecule is CCCCCCCCC(CCCC)C(N)(CCCCCCCC)CCCCCCCC. The number of nitrogens with two attached hydrogens (primary N) is 1. The summed E-state index contributed by atoms with van der Waals surface area (Å²) in [4.78, 5) is 0. The van der Waals surface area contributed by atoms with E-state index in [1.807, 2.05) is 0 Å². The van der Waals surface area contributed by atoms with Gasteiger partial charge in [-0.15, -0.1) is 0 Å². The second kappa shape index (κ2) is 23.1. The van der Waals surface area contributed by atoms with Crippen molar-refractivity contribution in [2.24, 2.45) is 11.7 Å². The molecular weight excluding hydrogens is 374 g/mol. The van der Waals surface area contributed by atoms with Crippen molar-refractivity contribution in [1.82, 2.24) is 0 Å². The van der Waals surface area contributed by atoms with E-state index in [2.05, 4.69) is 27.7 Å². The number of hydrogen-bond donors (Lipinski definition) is 1. The topological polar surface area (TPSA) is 26.0 Å². The molecule has 0 amide bonds. The van der Waals surface area contributed by atoms with E-state index < -0.39 is 0 Å². The third-order valence-corrected chi connectivity index (χ3v) is 7.62. The van der Waals surface area contributed by atoms with Crippen LogP contribution in [-0.2, 0) is 0 Å². The highest BCUT2D eigenvalue weighted by molar-refractivity contribution is 4.91. The second-order valence-corrected chi connectivity index (χ2v) is 10.7. The average molecular weight is 438 g/mol. The van der Waals surface area contributed by atoms with E-state index in [-0.39, 0.29) is 5.54 Å². The van der Waals surface area contributed by atoms with Gasteiger partial charge in [0.25, 0.3) is 0 Å². The number of unbranched alkanes of at least 4 members (excludes halogenated alkanes) is 16. The van der Waals surface area contributed by atoms with Crippen molar-refractivity contribution in [3.63, 3.8) is 0 Å². The summed E-state index contributed by atoms with van der Waals surface area (Å²) in [6.07, 6.45) is 33.1. The fraction of sp³-hybridized carbons (Fsp3) is 1.00. The van der Waals surface area contributed by atoms with Gasteiger partial charge < -0.3 is 5.73 Å². The molecular formula is C30H63N. The van der Waals surface area contributed by atoms with Gasteiger partial charge in [-0.2, -0.15) is 0 Å². The molecule has 0 fully saturated rings. The van der Waals surface area contributed by atoms with E-state index in [1.165, 1.54) is 154 Å². The lowest BCUT2D eigenvalue weighted by atomic mass is 9.72. The van der Waals surface area contributed by atoms with Crippen molar-refractivity contribution < 1.29 is 0 Å². The smallest absolute Gasteiger partial charge is 0.0182 e. The maximum Gasteiger partial charge on any atom is 0.0182 e. The Bertz CT molecular complexity index is 321. The molecule has 0 heterocycles. The van der Waals surface area contributed by atoms with E-state index in [0.29, 0.717) is 0 Å². The molecule has 1 heteroatoms. The second-order valence-electron chi connectivity index (χ2n) is 10.7. The Balaban J connectivity index is 4.71. The van der Waals surface area contributed by atoms with Gasteiger partial charge in [0.2, 0.25) is 0 Å². The highest BCUT2D eigenvalue weighted by Crippen LogP contribution is 2.35. The first-order valence-electron chi connectivity index (χ1n) is 14.9. The Morgan fingerprint density at radius 2 is 0.742 bits per heavy atom. The predicted octanol–water partition coefficient (Wildman–Crippen LogP) is 10.7. The Hall–Kier alpha value is -0.0400. The van der Waals surface area contributed by atoms with Gasteiger partial charge in [-0.3, -0.25) is 0 Å². The molecule has 0 bridgehead atoms. The molecule has 0 aliphatic carbocycles. The van der Waals surface area contributed by atoms with Gasteiger partial charge in [0.1, 0.15) is 0 Å². The summed E-state index contributed by atoms with van der Waals surface area (Å²) in [7, 11) is 0. The van der Waals surface area contributed by atoms with Crippen molar-refractivity contribution in [2.75, 3.05) is 0 Å². The highest BCUT2D eigenvalue weighted by atomic mass is 14.8. The Kier molecular flexibility index (Phi) is 23.1. The van der Waals surface area contributed by atoms with Crippen LogP contribution in [0.25, 0.3) is 0 Å². The van der Waals surface area contributed by atoms with E-state index in [4.69, 9.17) is 5.73 Å². The summed E-state index contributed by atoms with van der Waals surface area (Å²) in [6, 6.07) is 0. The fourth-order valence-corrected chi connectivity index (χ4v) is 5.34. The lowest BCUT2D eigenvalue weighted by Crippen LogP contribution is -2.47. The Morgan fingerprint density at radius 3 is 1.16 bits per heavy atom. The molecule has 31 heavy (non-hydrogen) atoms. The van der Waals surface area contributed by atoms with Gasteiger partial charge in [0.05, 0.1) is 0 Å². The molecule has 0 aliphatic heterocycles. The van der Waals surface area contributed by atoms with Crippen LogP contribution in [0.15, 0.2) is 0 Å². The molecule has 0 aliphatic rings. The van der Waals surface area contributed by atoms with Crippen LogP contribution in [0.3, 0.4) is 0 Å². The minimum atomic E-state index is 0.105. The molecule has 0 aromatic rings. The lowest BCUT2D eigenvalue weighted by Gasteiger charge is -2.39. The summed E-state index contributed by atoms with van der Waals surface area (Å²) in [6.45, 7) is 9.29. The zero-order valence-corrected chi connectivity index (χ0v) is 22.6. The molecule has 1 unspecified atom stereocenters. The summed E-state index contributed by atoms with van der Waals surface area (Å²) in [5, 5.41) is 0. The zero-order valence-electron chi connectivity index (χ0n) is 22.6. The van der Waals surface area contributed by atoms with E-state index >= 15 is 0 Å². The summed E-state index contributed by atoms with van der Waals surface area (Å²) < 4.78 is 0. The normalized spacial score (nSPS) is 13.1. The van der Waals surface area contributed by atoms with Gasteiger partial charge >= 0.3 is 0 Å². The van der Waals surface area contributed by atoms with Gasteiger partial charge in [-0.05, 0) is 31.6 Å². The molecule has 0 spiro atoms. The monoisotopic (exact) mass is 437 g/mol. The largest absolute Gasteiger partial charge is 0.325 e. The van der Waals surface area contributed by atoms with E-state index in [1.54, 1.807) is 0 Å². The minimum absolute atomic E-state index is 0.105. The molecule has 0 aromatic carbocycles. The van der Waals surface area contributed by atoms with Gasteiger partial charge in [0, 0.05) is 5.54 Å². The molecule has 0 rings (SSSR count). The van der Waals surface area contributed by atoms with Crippen LogP contribution in [-0.4, -0.2) is 5.54 Å². The van der Waals surface area contributed by atoms with Gasteiger partial charge in [-0.25, -0.2) is 0 Å². The van der Waals surface area contributed by atoms with Gasteiger partial charge in [-0.1, -0.05) is 156 Å². The molecule has 2 N–H and O–H groups in total. The third-order valence-electron chi connectivity index (χ3n) is 7.62. The summed E-state index contributed by atoms with van der Waals surface area (Å²) >= 11 is 0. The van der Waals surface area contributed by atoms with Crippen molar-refractivity contribution in [1.29, 1.82) is 0 Å². The summed E-state index contributed by atoms with van der Waals surface area (Å²) in [5.41, 5.74) is 7.43. The molecule has 1 atom stereocenters. The van der Waals surface area contributed by atoms with Crippen LogP contribution >= 0.6 is 0 Å². The maximum absolute atomic E-state index is 7.33. The standard InChI is InChI=1S/C30H63N/c1-5-9-13-16-19-22-26-29(25-12-8-4)30(31,27-23-20-17-14-10-6-2)28-24-21-18-15-11-7-3/h29H,5-28,31H2,1-4H3.